The molecule has 1 amide bonds. The van der Waals surface area contributed by atoms with E-state index < -0.39 is 0 Å². The highest BCUT2D eigenvalue weighted by Crippen LogP contribution is 2.30. The third-order valence-corrected chi connectivity index (χ3v) is 4.69. The Hall–Kier alpha value is -2.64. The minimum atomic E-state index is -0.334. The summed E-state index contributed by atoms with van der Waals surface area (Å²) in [5.41, 5.74) is 1.15. The maximum Gasteiger partial charge on any atom is 0.257 e. The number of rotatable bonds is 4. The molecule has 0 atom stereocenters. The first-order valence-corrected chi connectivity index (χ1v) is 9.45. The molecule has 0 heterocycles. The van der Waals surface area contributed by atoms with Gasteiger partial charge in [0.05, 0.1) is 11.1 Å². The molecule has 138 valence electrons. The Bertz CT molecular complexity index is 1020. The minimum absolute atomic E-state index is 0.167. The molecule has 0 fully saturated rings. The van der Waals surface area contributed by atoms with Gasteiger partial charge in [-0.15, -0.1) is 0 Å². The molecule has 0 spiro atoms. The van der Waals surface area contributed by atoms with E-state index in [1.807, 2.05) is 25.1 Å². The summed E-state index contributed by atoms with van der Waals surface area (Å²) >= 11 is 8.66. The van der Waals surface area contributed by atoms with Crippen LogP contribution in [0.25, 0.3) is 10.8 Å². The van der Waals surface area contributed by atoms with Gasteiger partial charge >= 0.3 is 0 Å². The SMILES string of the molecule is CCOc1ccc(C(=O)NC(=S)Nc2cccc3c(O)cccc23)cc1Br. The predicted octanol–water partition coefficient (Wildman–Crippen LogP) is 4.83. The van der Waals surface area contributed by atoms with E-state index in [-0.39, 0.29) is 16.8 Å². The van der Waals surface area contributed by atoms with E-state index in [0.717, 1.165) is 5.39 Å². The monoisotopic (exact) mass is 444 g/mol. The standard InChI is InChI=1S/C20H17BrN2O3S/c1-2-26-18-10-9-12(11-15(18)21)19(25)23-20(27)22-16-7-3-6-14-13(16)5-4-8-17(14)24/h3-11,24H,2H2,1H3,(H2,22,23,25,27). The van der Waals surface area contributed by atoms with Crippen LogP contribution >= 0.6 is 28.1 Å². The molecule has 0 aromatic heterocycles. The highest BCUT2D eigenvalue weighted by atomic mass is 79.9. The van der Waals surface area contributed by atoms with E-state index in [9.17, 15) is 9.90 Å². The van der Waals surface area contributed by atoms with Gasteiger partial charge in [0, 0.05) is 22.0 Å². The van der Waals surface area contributed by atoms with Gasteiger partial charge in [-0.1, -0.05) is 24.3 Å². The summed E-state index contributed by atoms with van der Waals surface area (Å²) in [6.07, 6.45) is 0. The van der Waals surface area contributed by atoms with Crippen molar-refractivity contribution in [1.29, 1.82) is 0 Å². The third-order valence-electron chi connectivity index (χ3n) is 3.87. The fourth-order valence-corrected chi connectivity index (χ4v) is 3.34. The molecule has 0 aliphatic heterocycles. The second kappa shape index (κ2) is 8.37. The van der Waals surface area contributed by atoms with Gasteiger partial charge in [0.25, 0.3) is 5.91 Å². The number of hydrogen-bond donors (Lipinski definition) is 3. The molecule has 0 radical (unpaired) electrons. The van der Waals surface area contributed by atoms with Crippen LogP contribution in [0.15, 0.2) is 59.1 Å². The Morgan fingerprint density at radius 2 is 1.89 bits per heavy atom. The summed E-state index contributed by atoms with van der Waals surface area (Å²) in [7, 11) is 0. The average molecular weight is 445 g/mol. The van der Waals surface area contributed by atoms with Crippen molar-refractivity contribution in [2.45, 2.75) is 6.92 Å². The number of nitrogens with one attached hydrogen (secondary N) is 2. The molecule has 3 aromatic rings. The zero-order chi connectivity index (χ0) is 19.4. The van der Waals surface area contributed by atoms with Crippen molar-refractivity contribution in [2.75, 3.05) is 11.9 Å². The first kappa shape index (κ1) is 19.1. The quantitative estimate of drug-likeness (QED) is 0.502. The van der Waals surface area contributed by atoms with Crippen molar-refractivity contribution in [3.05, 3.63) is 64.6 Å². The van der Waals surface area contributed by atoms with E-state index in [2.05, 4.69) is 26.6 Å². The number of aromatic hydroxyl groups is 1. The number of phenolic OH excluding ortho intramolecular Hbond substituents is 1. The average Bonchev–Trinajstić information content (AvgIpc) is 2.64. The van der Waals surface area contributed by atoms with E-state index in [4.69, 9.17) is 17.0 Å². The van der Waals surface area contributed by atoms with Gasteiger partial charge in [-0.2, -0.15) is 0 Å². The van der Waals surface area contributed by atoms with E-state index in [1.165, 1.54) is 0 Å². The Morgan fingerprint density at radius 3 is 2.63 bits per heavy atom. The highest BCUT2D eigenvalue weighted by Gasteiger charge is 2.12. The lowest BCUT2D eigenvalue weighted by molar-refractivity contribution is 0.0977. The van der Waals surface area contributed by atoms with Crippen LogP contribution in [0, 0.1) is 0 Å². The number of amides is 1. The molecule has 3 rings (SSSR count). The van der Waals surface area contributed by atoms with E-state index in [1.54, 1.807) is 36.4 Å². The maximum absolute atomic E-state index is 12.4. The van der Waals surface area contributed by atoms with Gasteiger partial charge in [0.15, 0.2) is 5.11 Å². The number of ether oxygens (including phenoxy) is 1. The number of carbonyl (C=O) groups is 1. The van der Waals surface area contributed by atoms with Crippen LogP contribution in [-0.2, 0) is 0 Å². The number of phenols is 1. The minimum Gasteiger partial charge on any atom is -0.507 e. The number of carbonyl (C=O) groups excluding carboxylic acids is 1. The number of anilines is 1. The lowest BCUT2D eigenvalue weighted by atomic mass is 10.1. The molecule has 0 bridgehead atoms. The maximum atomic E-state index is 12.4. The summed E-state index contributed by atoms with van der Waals surface area (Å²) in [4.78, 5) is 12.4. The van der Waals surface area contributed by atoms with Crippen molar-refractivity contribution in [3.63, 3.8) is 0 Å². The van der Waals surface area contributed by atoms with Crippen molar-refractivity contribution in [3.8, 4) is 11.5 Å². The topological polar surface area (TPSA) is 70.6 Å². The van der Waals surface area contributed by atoms with Crippen molar-refractivity contribution >= 4 is 55.6 Å². The van der Waals surface area contributed by atoms with Crippen LogP contribution in [0.3, 0.4) is 0 Å². The van der Waals surface area contributed by atoms with Crippen LogP contribution in [-0.4, -0.2) is 22.7 Å². The molecule has 0 saturated carbocycles. The van der Waals surface area contributed by atoms with Crippen molar-refractivity contribution in [2.24, 2.45) is 0 Å². The van der Waals surface area contributed by atoms with Gasteiger partial charge in [-0.25, -0.2) is 0 Å². The number of thiocarbonyl (C=S) groups is 1. The second-order valence-electron chi connectivity index (χ2n) is 5.66. The van der Waals surface area contributed by atoms with Crippen LogP contribution in [0.5, 0.6) is 11.5 Å². The fraction of sp³-hybridized carbons (Fsp3) is 0.100. The first-order chi connectivity index (χ1) is 13.0. The molecular weight excluding hydrogens is 428 g/mol. The van der Waals surface area contributed by atoms with E-state index >= 15 is 0 Å². The lowest BCUT2D eigenvalue weighted by Crippen LogP contribution is -2.34. The van der Waals surface area contributed by atoms with E-state index in [0.29, 0.717) is 33.5 Å². The Kier molecular flexibility index (Phi) is 5.93. The highest BCUT2D eigenvalue weighted by molar-refractivity contribution is 9.10. The molecule has 7 heteroatoms. The summed E-state index contributed by atoms with van der Waals surface area (Å²) in [5, 5.41) is 17.3. The Morgan fingerprint density at radius 1 is 1.15 bits per heavy atom. The second-order valence-corrected chi connectivity index (χ2v) is 6.93. The smallest absolute Gasteiger partial charge is 0.257 e. The number of fused-ring (bicyclic) bond motifs is 1. The van der Waals surface area contributed by atoms with Crippen molar-refractivity contribution in [1.82, 2.24) is 5.32 Å². The number of benzene rings is 3. The fourth-order valence-electron chi connectivity index (χ4n) is 2.65. The largest absolute Gasteiger partial charge is 0.507 e. The number of halogens is 1. The normalized spacial score (nSPS) is 10.4. The number of hydrogen-bond acceptors (Lipinski definition) is 4. The van der Waals surface area contributed by atoms with Gasteiger partial charge in [0.2, 0.25) is 0 Å². The first-order valence-electron chi connectivity index (χ1n) is 8.25. The Balaban J connectivity index is 1.74. The van der Waals surface area contributed by atoms with Crippen LogP contribution in [0.2, 0.25) is 0 Å². The zero-order valence-electron chi connectivity index (χ0n) is 14.5. The molecule has 0 saturated heterocycles. The van der Waals surface area contributed by atoms with Crippen LogP contribution < -0.4 is 15.4 Å². The summed E-state index contributed by atoms with van der Waals surface area (Å²) in [5.74, 6) is 0.523. The lowest BCUT2D eigenvalue weighted by Gasteiger charge is -2.13. The molecule has 27 heavy (non-hydrogen) atoms. The molecule has 3 N–H and O–H groups in total. The molecular formula is C20H17BrN2O3S. The van der Waals surface area contributed by atoms with Gasteiger partial charge in [-0.3, -0.25) is 10.1 Å². The van der Waals surface area contributed by atoms with Gasteiger partial charge < -0.3 is 15.2 Å². The predicted molar refractivity (Wildman–Crippen MR) is 115 cm³/mol. The van der Waals surface area contributed by atoms with Gasteiger partial charge in [0.1, 0.15) is 11.5 Å². The zero-order valence-corrected chi connectivity index (χ0v) is 16.9. The van der Waals surface area contributed by atoms with Crippen LogP contribution in [0.4, 0.5) is 5.69 Å². The summed E-state index contributed by atoms with van der Waals surface area (Å²) in [6.45, 7) is 2.43. The molecule has 0 aliphatic carbocycles. The van der Waals surface area contributed by atoms with Crippen LogP contribution in [0.1, 0.15) is 17.3 Å². The summed E-state index contributed by atoms with van der Waals surface area (Å²) in [6, 6.07) is 15.8. The third kappa shape index (κ3) is 4.37. The summed E-state index contributed by atoms with van der Waals surface area (Å²) < 4.78 is 6.14. The molecule has 0 aliphatic rings. The van der Waals surface area contributed by atoms with Gasteiger partial charge in [-0.05, 0) is 65.4 Å². The molecule has 5 nitrogen and oxygen atoms in total. The van der Waals surface area contributed by atoms with Crippen molar-refractivity contribution < 1.29 is 14.6 Å². The molecule has 0 unspecified atom stereocenters. The molecule has 3 aromatic carbocycles. The Labute approximate surface area is 170 Å².